The summed E-state index contributed by atoms with van der Waals surface area (Å²) < 4.78 is 44.2. The number of rotatable bonds is 3. The van der Waals surface area contributed by atoms with Crippen LogP contribution in [0.5, 0.6) is 0 Å². The lowest BCUT2D eigenvalue weighted by molar-refractivity contribution is -0.163. The lowest BCUT2D eigenvalue weighted by Gasteiger charge is -2.33. The van der Waals surface area contributed by atoms with E-state index in [4.69, 9.17) is 16.3 Å². The van der Waals surface area contributed by atoms with Gasteiger partial charge >= 0.3 is 6.18 Å². The Balaban J connectivity index is 2.33. The van der Waals surface area contributed by atoms with Crippen LogP contribution in [0.15, 0.2) is 34.7 Å². The highest BCUT2D eigenvalue weighted by Gasteiger charge is 2.42. The van der Waals surface area contributed by atoms with E-state index in [2.05, 4.69) is 21.2 Å². The third-order valence-corrected chi connectivity index (χ3v) is 5.03. The Labute approximate surface area is 141 Å². The molecule has 3 unspecified atom stereocenters. The van der Waals surface area contributed by atoms with E-state index in [9.17, 15) is 13.2 Å². The molecule has 1 aliphatic heterocycles. The second kappa shape index (κ2) is 7.30. The fourth-order valence-corrected chi connectivity index (χ4v) is 4.01. The van der Waals surface area contributed by atoms with Crippen LogP contribution in [0.1, 0.15) is 19.3 Å². The van der Waals surface area contributed by atoms with Crippen LogP contribution in [-0.2, 0) is 4.74 Å². The highest BCUT2D eigenvalue weighted by Crippen LogP contribution is 2.43. The lowest BCUT2D eigenvalue weighted by Crippen LogP contribution is -2.32. The Morgan fingerprint density at radius 3 is 2.82 bits per heavy atom. The van der Waals surface area contributed by atoms with Gasteiger partial charge in [0.05, 0.1) is 19.3 Å². The van der Waals surface area contributed by atoms with Gasteiger partial charge in [0.1, 0.15) is 5.16 Å². The first kappa shape index (κ1) is 17.7. The zero-order chi connectivity index (χ0) is 16.3. The summed E-state index contributed by atoms with van der Waals surface area (Å²) in [5.41, 5.74) is 1.58. The van der Waals surface area contributed by atoms with E-state index in [1.807, 2.05) is 0 Å². The van der Waals surface area contributed by atoms with E-state index in [0.717, 1.165) is 17.6 Å². The summed E-state index contributed by atoms with van der Waals surface area (Å²) in [7, 11) is 1.52. The molecule has 0 bridgehead atoms. The number of hydrogen-bond acceptors (Lipinski definition) is 2. The molecule has 2 rings (SSSR count). The van der Waals surface area contributed by atoms with Crippen molar-refractivity contribution in [2.75, 3.05) is 13.7 Å². The average molecular weight is 401 g/mol. The van der Waals surface area contributed by atoms with Crippen molar-refractivity contribution in [3.63, 3.8) is 0 Å². The molecular formula is C15H18BrClF3NO. The van der Waals surface area contributed by atoms with Gasteiger partial charge in [0.25, 0.3) is 0 Å². The van der Waals surface area contributed by atoms with Gasteiger partial charge in [0, 0.05) is 17.3 Å². The summed E-state index contributed by atoms with van der Waals surface area (Å²) in [4.78, 5) is -0.166. The third-order valence-electron chi connectivity index (χ3n) is 3.98. The summed E-state index contributed by atoms with van der Waals surface area (Å²) in [5, 5.41) is 3.52. The average Bonchev–Trinajstić information content (AvgIpc) is 2.44. The van der Waals surface area contributed by atoms with Crippen molar-refractivity contribution in [1.29, 1.82) is 0 Å². The van der Waals surface area contributed by atoms with Crippen LogP contribution in [0, 0.1) is 11.8 Å². The van der Waals surface area contributed by atoms with Crippen LogP contribution in [0.4, 0.5) is 13.2 Å². The number of methoxy groups -OCH3 is 1. The minimum absolute atomic E-state index is 0.0820. The molecule has 1 heterocycles. The van der Waals surface area contributed by atoms with Crippen molar-refractivity contribution in [3.8, 4) is 0 Å². The standard InChI is InChI=1S/C15H18BrClF3NO/c1-22-5-3-13-12(2-4-21-14(13)17)9-6-10(15(18,19)20)8-11(16)7-9/h3,5-6,10-12,21H,2,4,7-8H2,1H3/b5-3+. The van der Waals surface area contributed by atoms with Crippen LogP contribution < -0.4 is 5.32 Å². The molecule has 1 aliphatic carbocycles. The van der Waals surface area contributed by atoms with Crippen LogP contribution in [-0.4, -0.2) is 24.7 Å². The Morgan fingerprint density at radius 2 is 2.18 bits per heavy atom. The number of ether oxygens (including phenoxy) is 1. The maximum Gasteiger partial charge on any atom is 0.395 e. The fourth-order valence-electron chi connectivity index (χ4n) is 2.95. The fraction of sp³-hybridized carbons (Fsp3) is 0.600. The first-order valence-corrected chi connectivity index (χ1v) is 8.36. The molecule has 0 aromatic rings. The first-order valence-electron chi connectivity index (χ1n) is 7.07. The molecule has 2 aliphatic rings. The van der Waals surface area contributed by atoms with E-state index in [1.165, 1.54) is 19.4 Å². The van der Waals surface area contributed by atoms with Crippen LogP contribution in [0.25, 0.3) is 0 Å². The van der Waals surface area contributed by atoms with Gasteiger partial charge in [0.15, 0.2) is 0 Å². The molecule has 3 atom stereocenters. The normalized spacial score (nSPS) is 30.3. The smallest absolute Gasteiger partial charge is 0.395 e. The van der Waals surface area contributed by atoms with Crippen molar-refractivity contribution in [1.82, 2.24) is 5.32 Å². The van der Waals surface area contributed by atoms with Gasteiger partial charge in [-0.1, -0.05) is 39.2 Å². The molecule has 7 heteroatoms. The van der Waals surface area contributed by atoms with Gasteiger partial charge < -0.3 is 10.1 Å². The topological polar surface area (TPSA) is 21.3 Å². The molecule has 124 valence electrons. The molecule has 0 aromatic carbocycles. The number of halogens is 5. The summed E-state index contributed by atoms with van der Waals surface area (Å²) in [5.74, 6) is -1.51. The first-order chi connectivity index (χ1) is 10.3. The summed E-state index contributed by atoms with van der Waals surface area (Å²) in [6.07, 6.45) is 1.80. The summed E-state index contributed by atoms with van der Waals surface area (Å²) in [6, 6.07) is 0. The zero-order valence-electron chi connectivity index (χ0n) is 12.1. The zero-order valence-corrected chi connectivity index (χ0v) is 14.4. The number of hydrogen-bond donors (Lipinski definition) is 1. The van der Waals surface area contributed by atoms with Gasteiger partial charge in [0.2, 0.25) is 0 Å². The highest BCUT2D eigenvalue weighted by molar-refractivity contribution is 9.09. The SMILES string of the molecule is CO/C=C/C1=C(Cl)NCCC1C1=CC(C(F)(F)F)CC(Br)C1. The summed E-state index contributed by atoms with van der Waals surface area (Å²) in [6.45, 7) is 0.648. The van der Waals surface area contributed by atoms with Gasteiger partial charge in [-0.3, -0.25) is 0 Å². The maximum atomic E-state index is 13.1. The van der Waals surface area contributed by atoms with Gasteiger partial charge in [-0.2, -0.15) is 13.2 Å². The van der Waals surface area contributed by atoms with Crippen LogP contribution >= 0.6 is 27.5 Å². The monoisotopic (exact) mass is 399 g/mol. The molecule has 0 spiro atoms. The van der Waals surface area contributed by atoms with Gasteiger partial charge in [-0.15, -0.1) is 0 Å². The quantitative estimate of drug-likeness (QED) is 0.316. The third kappa shape index (κ3) is 4.22. The molecule has 1 N–H and O–H groups in total. The Morgan fingerprint density at radius 1 is 1.45 bits per heavy atom. The second-order valence-corrected chi connectivity index (χ2v) is 7.18. The van der Waals surface area contributed by atoms with Gasteiger partial charge in [-0.25, -0.2) is 0 Å². The van der Waals surface area contributed by atoms with E-state index in [0.29, 0.717) is 18.1 Å². The van der Waals surface area contributed by atoms with Crippen LogP contribution in [0.3, 0.4) is 0 Å². The van der Waals surface area contributed by atoms with Crippen molar-refractivity contribution >= 4 is 27.5 Å². The number of nitrogens with one attached hydrogen (secondary N) is 1. The van der Waals surface area contributed by atoms with Crippen molar-refractivity contribution in [2.24, 2.45) is 11.8 Å². The molecular weight excluding hydrogens is 383 g/mol. The minimum atomic E-state index is -4.21. The largest absolute Gasteiger partial charge is 0.504 e. The van der Waals surface area contributed by atoms with Gasteiger partial charge in [-0.05, 0) is 30.9 Å². The molecule has 0 radical (unpaired) electrons. The molecule has 0 amide bonds. The van der Waals surface area contributed by atoms with Crippen molar-refractivity contribution in [2.45, 2.75) is 30.3 Å². The predicted octanol–water partition coefficient (Wildman–Crippen LogP) is 4.87. The molecule has 0 saturated carbocycles. The number of alkyl halides is 4. The molecule has 0 aromatic heterocycles. The summed E-state index contributed by atoms with van der Waals surface area (Å²) >= 11 is 9.56. The van der Waals surface area contributed by atoms with E-state index < -0.39 is 12.1 Å². The highest BCUT2D eigenvalue weighted by atomic mass is 79.9. The minimum Gasteiger partial charge on any atom is -0.504 e. The maximum absolute atomic E-state index is 13.1. The van der Waals surface area contributed by atoms with Crippen molar-refractivity contribution < 1.29 is 17.9 Å². The van der Waals surface area contributed by atoms with Crippen molar-refractivity contribution in [3.05, 3.63) is 34.7 Å². The Bertz CT molecular complexity index is 502. The van der Waals surface area contributed by atoms with E-state index in [1.54, 1.807) is 6.08 Å². The Hall–Kier alpha value is -0.620. The predicted molar refractivity (Wildman–Crippen MR) is 84.7 cm³/mol. The van der Waals surface area contributed by atoms with E-state index in [-0.39, 0.29) is 17.2 Å². The molecule has 2 nitrogen and oxygen atoms in total. The molecule has 22 heavy (non-hydrogen) atoms. The number of allylic oxidation sites excluding steroid dienone is 4. The second-order valence-electron chi connectivity index (χ2n) is 5.50. The van der Waals surface area contributed by atoms with Crippen LogP contribution in [0.2, 0.25) is 0 Å². The lowest BCUT2D eigenvalue weighted by atomic mass is 9.78. The Kier molecular flexibility index (Phi) is 5.88. The molecule has 0 saturated heterocycles. The van der Waals surface area contributed by atoms with E-state index >= 15 is 0 Å². The molecule has 0 fully saturated rings.